The predicted molar refractivity (Wildman–Crippen MR) is 150 cm³/mol. The van der Waals surface area contributed by atoms with Gasteiger partial charge in [0.25, 0.3) is 5.91 Å². The van der Waals surface area contributed by atoms with Crippen molar-refractivity contribution in [2.45, 2.75) is 20.0 Å². The Labute approximate surface area is 228 Å². The molecule has 0 saturated heterocycles. The second-order valence-electron chi connectivity index (χ2n) is 8.18. The van der Waals surface area contributed by atoms with Crippen molar-refractivity contribution in [2.75, 3.05) is 13.2 Å². The molecule has 3 aromatic carbocycles. The summed E-state index contributed by atoms with van der Waals surface area (Å²) in [7, 11) is 0. The summed E-state index contributed by atoms with van der Waals surface area (Å²) >= 11 is 2.10. The fourth-order valence-corrected chi connectivity index (χ4v) is 4.68. The largest absolute Gasteiger partial charge is 0.490 e. The van der Waals surface area contributed by atoms with E-state index in [-0.39, 0.29) is 18.0 Å². The molecule has 1 heterocycles. The summed E-state index contributed by atoms with van der Waals surface area (Å²) in [4.78, 5) is 15.9. The van der Waals surface area contributed by atoms with E-state index >= 15 is 0 Å². The molecule has 0 aliphatic heterocycles. The Morgan fingerprint density at radius 2 is 1.92 bits per heavy atom. The van der Waals surface area contributed by atoms with Crippen LogP contribution in [0.2, 0.25) is 0 Å². The molecule has 37 heavy (non-hydrogen) atoms. The number of H-pyrrole nitrogens is 1. The van der Waals surface area contributed by atoms with Gasteiger partial charge in [0.1, 0.15) is 24.1 Å². The number of hydrogen-bond acceptors (Lipinski definition) is 4. The van der Waals surface area contributed by atoms with Crippen molar-refractivity contribution >= 4 is 45.5 Å². The van der Waals surface area contributed by atoms with E-state index in [0.717, 1.165) is 16.5 Å². The van der Waals surface area contributed by atoms with Crippen LogP contribution < -0.4 is 14.8 Å². The van der Waals surface area contributed by atoms with Crippen LogP contribution in [0.3, 0.4) is 0 Å². The molecule has 0 aliphatic carbocycles. The van der Waals surface area contributed by atoms with Crippen LogP contribution in [0, 0.1) is 20.7 Å². The van der Waals surface area contributed by atoms with Gasteiger partial charge in [-0.3, -0.25) is 4.79 Å². The number of hydrogen-bond donors (Lipinski definition) is 2. The molecule has 1 aromatic heterocycles. The van der Waals surface area contributed by atoms with E-state index < -0.39 is 5.91 Å². The number of nitrogens with zero attached hydrogens (tertiary/aromatic N) is 1. The lowest BCUT2D eigenvalue weighted by molar-refractivity contribution is -0.117. The zero-order valence-electron chi connectivity index (χ0n) is 20.2. The van der Waals surface area contributed by atoms with E-state index in [0.29, 0.717) is 45.8 Å². The van der Waals surface area contributed by atoms with Gasteiger partial charge >= 0.3 is 0 Å². The lowest BCUT2D eigenvalue weighted by atomic mass is 10.1. The van der Waals surface area contributed by atoms with Gasteiger partial charge in [0.2, 0.25) is 0 Å². The van der Waals surface area contributed by atoms with Crippen LogP contribution in [-0.2, 0) is 17.8 Å². The average molecular weight is 609 g/mol. The minimum absolute atomic E-state index is 0.0165. The molecule has 0 unspecified atom stereocenters. The van der Waals surface area contributed by atoms with Gasteiger partial charge in [-0.15, -0.1) is 0 Å². The summed E-state index contributed by atoms with van der Waals surface area (Å²) in [6, 6.07) is 19.9. The normalized spacial score (nSPS) is 11.2. The van der Waals surface area contributed by atoms with E-state index in [1.807, 2.05) is 43.5 Å². The highest BCUT2D eigenvalue weighted by Crippen LogP contribution is 2.35. The number of benzene rings is 3. The van der Waals surface area contributed by atoms with Crippen LogP contribution in [0.25, 0.3) is 17.0 Å². The Balaban J connectivity index is 1.46. The Bertz CT molecular complexity index is 1490. The lowest BCUT2D eigenvalue weighted by Gasteiger charge is -2.15. The summed E-state index contributed by atoms with van der Waals surface area (Å²) in [5.74, 6) is 0.137. The summed E-state index contributed by atoms with van der Waals surface area (Å²) in [5, 5.41) is 13.6. The second-order valence-corrected chi connectivity index (χ2v) is 9.34. The fraction of sp³-hybridized carbons (Fsp3) is 0.172. The van der Waals surface area contributed by atoms with Crippen LogP contribution in [0.1, 0.15) is 23.6 Å². The molecule has 6 nitrogen and oxygen atoms in total. The number of carbonyl (C=O) groups excluding carboxylic acids is 1. The SMILES string of the molecule is CCOc1cc(/C=C(/C#N)C(=O)NCCc2c[nH]c3ccccc23)cc(I)c1OCc1ccccc1F. The highest BCUT2D eigenvalue weighted by atomic mass is 127. The van der Waals surface area contributed by atoms with Gasteiger partial charge in [0, 0.05) is 29.2 Å². The van der Waals surface area contributed by atoms with Gasteiger partial charge in [-0.2, -0.15) is 5.26 Å². The maximum Gasteiger partial charge on any atom is 0.261 e. The van der Waals surface area contributed by atoms with E-state index in [4.69, 9.17) is 9.47 Å². The third-order valence-electron chi connectivity index (χ3n) is 5.69. The predicted octanol–water partition coefficient (Wildman–Crippen LogP) is 6.16. The smallest absolute Gasteiger partial charge is 0.261 e. The number of rotatable bonds is 10. The highest BCUT2D eigenvalue weighted by Gasteiger charge is 2.15. The molecule has 188 valence electrons. The first-order valence-corrected chi connectivity index (χ1v) is 12.9. The summed E-state index contributed by atoms with van der Waals surface area (Å²) in [5.41, 5.74) is 3.18. The van der Waals surface area contributed by atoms with Gasteiger partial charge in [-0.25, -0.2) is 4.39 Å². The Kier molecular flexibility index (Phi) is 8.80. The summed E-state index contributed by atoms with van der Waals surface area (Å²) < 4.78 is 26.4. The van der Waals surface area contributed by atoms with E-state index in [2.05, 4.69) is 32.9 Å². The molecular weight excluding hydrogens is 584 g/mol. The molecular formula is C29H25FIN3O3. The molecule has 1 amide bonds. The zero-order valence-corrected chi connectivity index (χ0v) is 22.3. The van der Waals surface area contributed by atoms with Crippen molar-refractivity contribution in [3.8, 4) is 17.6 Å². The van der Waals surface area contributed by atoms with Crippen molar-refractivity contribution in [3.05, 3.63) is 98.5 Å². The molecule has 8 heteroatoms. The zero-order chi connectivity index (χ0) is 26.2. The average Bonchev–Trinajstić information content (AvgIpc) is 3.31. The van der Waals surface area contributed by atoms with Gasteiger partial charge < -0.3 is 19.8 Å². The minimum atomic E-state index is -0.449. The van der Waals surface area contributed by atoms with Crippen molar-refractivity contribution in [2.24, 2.45) is 0 Å². The molecule has 0 spiro atoms. The first-order valence-electron chi connectivity index (χ1n) is 11.8. The first-order chi connectivity index (χ1) is 18.0. The lowest BCUT2D eigenvalue weighted by Crippen LogP contribution is -2.26. The van der Waals surface area contributed by atoms with Crippen molar-refractivity contribution in [1.82, 2.24) is 10.3 Å². The molecule has 4 aromatic rings. The quantitative estimate of drug-likeness (QED) is 0.128. The number of amides is 1. The number of para-hydroxylation sites is 1. The third kappa shape index (κ3) is 6.49. The molecule has 0 atom stereocenters. The molecule has 0 saturated carbocycles. The number of carbonyl (C=O) groups is 1. The Morgan fingerprint density at radius 1 is 1.14 bits per heavy atom. The van der Waals surface area contributed by atoms with E-state index in [1.165, 1.54) is 12.1 Å². The van der Waals surface area contributed by atoms with Crippen LogP contribution >= 0.6 is 22.6 Å². The standard InChI is InChI=1S/C29H25FIN3O3/c1-2-36-27-15-19(14-25(31)28(27)37-18-21-7-3-5-9-24(21)30)13-22(16-32)29(35)33-12-11-20-17-34-26-10-6-4-8-23(20)26/h3-10,13-15,17,34H,2,11-12,18H2,1H3,(H,33,35)/b22-13-. The van der Waals surface area contributed by atoms with Crippen molar-refractivity contribution in [1.29, 1.82) is 5.26 Å². The van der Waals surface area contributed by atoms with Crippen LogP contribution in [0.5, 0.6) is 11.5 Å². The molecule has 0 fully saturated rings. The van der Waals surface area contributed by atoms with Crippen molar-refractivity contribution < 1.29 is 18.7 Å². The molecule has 0 bridgehead atoms. The van der Waals surface area contributed by atoms with Gasteiger partial charge in [0.15, 0.2) is 11.5 Å². The number of halogens is 2. The molecule has 2 N–H and O–H groups in total. The maximum absolute atomic E-state index is 14.0. The highest BCUT2D eigenvalue weighted by molar-refractivity contribution is 14.1. The second kappa shape index (κ2) is 12.4. The monoisotopic (exact) mass is 609 g/mol. The Hall–Kier alpha value is -3.84. The first kappa shape index (κ1) is 26.2. The molecule has 0 radical (unpaired) electrons. The van der Waals surface area contributed by atoms with Gasteiger partial charge in [-0.05, 0) is 77.4 Å². The topological polar surface area (TPSA) is 87.1 Å². The Morgan fingerprint density at radius 3 is 2.70 bits per heavy atom. The van der Waals surface area contributed by atoms with Gasteiger partial charge in [0.05, 0.1) is 10.2 Å². The third-order valence-corrected chi connectivity index (χ3v) is 6.49. The number of fused-ring (bicyclic) bond motifs is 1. The van der Waals surface area contributed by atoms with Crippen molar-refractivity contribution in [3.63, 3.8) is 0 Å². The number of nitriles is 1. The number of ether oxygens (including phenoxy) is 2. The maximum atomic E-state index is 14.0. The van der Waals surface area contributed by atoms with Crippen LogP contribution in [0.4, 0.5) is 4.39 Å². The van der Waals surface area contributed by atoms with Crippen LogP contribution in [0.15, 0.2) is 72.4 Å². The van der Waals surface area contributed by atoms with Crippen LogP contribution in [-0.4, -0.2) is 24.0 Å². The number of nitrogens with one attached hydrogen (secondary N) is 2. The minimum Gasteiger partial charge on any atom is -0.490 e. The number of aromatic nitrogens is 1. The van der Waals surface area contributed by atoms with E-state index in [9.17, 15) is 14.4 Å². The van der Waals surface area contributed by atoms with E-state index in [1.54, 1.807) is 30.3 Å². The number of aromatic amines is 1. The summed E-state index contributed by atoms with van der Waals surface area (Å²) in [6.07, 6.45) is 4.09. The van der Waals surface area contributed by atoms with Gasteiger partial charge in [-0.1, -0.05) is 36.4 Å². The summed E-state index contributed by atoms with van der Waals surface area (Å²) in [6.45, 7) is 2.67. The fourth-order valence-electron chi connectivity index (χ4n) is 3.90. The molecule has 0 aliphatic rings. The molecule has 4 rings (SSSR count).